The van der Waals surface area contributed by atoms with Crippen LogP contribution in [0.2, 0.25) is 0 Å². The van der Waals surface area contributed by atoms with Crippen molar-refractivity contribution in [3.8, 4) is 0 Å². The Balaban J connectivity index is 1.56. The fraction of sp³-hybridized carbons (Fsp3) is 0.897. The molecule has 0 spiro atoms. The number of aliphatic hydroxyl groups is 1. The first-order valence-electron chi connectivity index (χ1n) is 13.4. The molecule has 0 aromatic rings. The number of rotatable bonds is 5. The fourth-order valence-electron chi connectivity index (χ4n) is 9.39. The second kappa shape index (κ2) is 8.00. The van der Waals surface area contributed by atoms with Crippen molar-refractivity contribution in [3.63, 3.8) is 0 Å². The van der Waals surface area contributed by atoms with Crippen LogP contribution in [0.15, 0.2) is 11.6 Å². The summed E-state index contributed by atoms with van der Waals surface area (Å²) in [5.74, 6) is 4.74. The van der Waals surface area contributed by atoms with Gasteiger partial charge in [0.2, 0.25) is 0 Å². The van der Waals surface area contributed by atoms with Crippen LogP contribution in [0, 0.1) is 51.8 Å². The lowest BCUT2D eigenvalue weighted by atomic mass is 9.44. The molecule has 0 aliphatic heterocycles. The van der Waals surface area contributed by atoms with E-state index in [9.17, 15) is 9.90 Å². The Hall–Kier alpha value is -0.630. The number of hydrogen-bond donors (Lipinski definition) is 1. The highest BCUT2D eigenvalue weighted by molar-refractivity contribution is 5.92. The van der Waals surface area contributed by atoms with Crippen LogP contribution in [0.4, 0.5) is 0 Å². The molecule has 0 aromatic carbocycles. The second-order valence-corrected chi connectivity index (χ2v) is 13.4. The average molecular weight is 429 g/mol. The van der Waals surface area contributed by atoms with Crippen LogP contribution in [0.1, 0.15) is 106 Å². The number of hydrogen-bond acceptors (Lipinski definition) is 2. The van der Waals surface area contributed by atoms with Crippen LogP contribution < -0.4 is 0 Å². The van der Waals surface area contributed by atoms with Gasteiger partial charge in [0.05, 0.1) is 0 Å². The molecule has 3 fully saturated rings. The molecule has 3 saturated carbocycles. The summed E-state index contributed by atoms with van der Waals surface area (Å²) in [6.45, 7) is 16.4. The molecule has 4 rings (SSSR count). The van der Waals surface area contributed by atoms with Crippen LogP contribution in [-0.2, 0) is 4.79 Å². The first-order valence-corrected chi connectivity index (χ1v) is 13.4. The maximum absolute atomic E-state index is 12.8. The average Bonchev–Trinajstić information content (AvgIpc) is 3.03. The van der Waals surface area contributed by atoms with Gasteiger partial charge in [-0.15, -0.1) is 0 Å². The molecule has 4 aliphatic rings. The Kier molecular flexibility index (Phi) is 6.07. The summed E-state index contributed by atoms with van der Waals surface area (Å²) in [4.78, 5) is 12.8. The molecule has 0 radical (unpaired) electrons. The summed E-state index contributed by atoms with van der Waals surface area (Å²) in [5, 5.41) is 10.7. The lowest BCUT2D eigenvalue weighted by Gasteiger charge is -2.60. The van der Waals surface area contributed by atoms with E-state index < -0.39 is 11.5 Å². The standard InChI is InChI=1S/C29H48O2/c1-18(2)9-8-10-19(3)21-12-13-22-20-11-14-25-27(4,5)26(31)24(30)17-29(25,7)23(20)15-16-28(21,22)6/h14,18-24,30H,8-13,15-17H2,1-7H3/t19-,20+,21-,22+,23+,24-,28-,29-/m1/s1. The molecule has 0 heterocycles. The van der Waals surface area contributed by atoms with Gasteiger partial charge in [-0.2, -0.15) is 0 Å². The van der Waals surface area contributed by atoms with Crippen molar-refractivity contribution in [1.82, 2.24) is 0 Å². The maximum Gasteiger partial charge on any atom is 0.170 e. The Labute approximate surface area is 191 Å². The molecule has 2 nitrogen and oxygen atoms in total. The van der Waals surface area contributed by atoms with E-state index in [1.165, 1.54) is 50.5 Å². The van der Waals surface area contributed by atoms with E-state index in [0.29, 0.717) is 17.8 Å². The van der Waals surface area contributed by atoms with E-state index in [-0.39, 0.29) is 11.2 Å². The van der Waals surface area contributed by atoms with Gasteiger partial charge in [0.1, 0.15) is 6.10 Å². The fourth-order valence-corrected chi connectivity index (χ4v) is 9.39. The monoisotopic (exact) mass is 428 g/mol. The van der Waals surface area contributed by atoms with Crippen molar-refractivity contribution in [3.05, 3.63) is 11.6 Å². The van der Waals surface area contributed by atoms with Gasteiger partial charge in [0.15, 0.2) is 5.78 Å². The van der Waals surface area contributed by atoms with Gasteiger partial charge in [-0.05, 0) is 98.7 Å². The summed E-state index contributed by atoms with van der Waals surface area (Å²) in [7, 11) is 0. The van der Waals surface area contributed by atoms with E-state index in [4.69, 9.17) is 0 Å². The molecule has 0 unspecified atom stereocenters. The van der Waals surface area contributed by atoms with Gasteiger partial charge < -0.3 is 5.11 Å². The lowest BCUT2D eigenvalue weighted by Crippen LogP contribution is -2.57. The number of aliphatic hydroxyl groups excluding tert-OH is 1. The predicted molar refractivity (Wildman–Crippen MR) is 129 cm³/mol. The summed E-state index contributed by atoms with van der Waals surface area (Å²) in [6, 6.07) is 0. The number of allylic oxidation sites excluding steroid dienone is 2. The smallest absolute Gasteiger partial charge is 0.170 e. The van der Waals surface area contributed by atoms with Crippen molar-refractivity contribution in [2.45, 2.75) is 112 Å². The molecule has 0 bridgehead atoms. The molecule has 0 saturated heterocycles. The van der Waals surface area contributed by atoms with Crippen LogP contribution >= 0.6 is 0 Å². The first-order chi connectivity index (χ1) is 14.4. The molecule has 0 amide bonds. The normalized spacial score (nSPS) is 45.0. The third kappa shape index (κ3) is 3.58. The van der Waals surface area contributed by atoms with Crippen LogP contribution in [-0.4, -0.2) is 17.0 Å². The van der Waals surface area contributed by atoms with Crippen LogP contribution in [0.25, 0.3) is 0 Å². The molecule has 31 heavy (non-hydrogen) atoms. The van der Waals surface area contributed by atoms with Gasteiger partial charge in [0.25, 0.3) is 0 Å². The molecular formula is C29H48O2. The number of ketones is 1. The number of carbonyl (C=O) groups is 1. The predicted octanol–water partition coefficient (Wildman–Crippen LogP) is 7.20. The van der Waals surface area contributed by atoms with Crippen molar-refractivity contribution >= 4 is 5.78 Å². The lowest BCUT2D eigenvalue weighted by molar-refractivity contribution is -0.145. The van der Waals surface area contributed by atoms with E-state index in [2.05, 4.69) is 54.5 Å². The van der Waals surface area contributed by atoms with Crippen molar-refractivity contribution in [2.75, 3.05) is 0 Å². The van der Waals surface area contributed by atoms with Crippen molar-refractivity contribution in [2.24, 2.45) is 51.8 Å². The quantitative estimate of drug-likeness (QED) is 0.470. The van der Waals surface area contributed by atoms with Gasteiger partial charge in [0, 0.05) is 5.41 Å². The van der Waals surface area contributed by atoms with Gasteiger partial charge in [-0.25, -0.2) is 0 Å². The zero-order valence-electron chi connectivity index (χ0n) is 21.3. The highest BCUT2D eigenvalue weighted by Crippen LogP contribution is 2.68. The zero-order chi connectivity index (χ0) is 22.8. The van der Waals surface area contributed by atoms with E-state index in [0.717, 1.165) is 36.0 Å². The zero-order valence-corrected chi connectivity index (χ0v) is 21.3. The van der Waals surface area contributed by atoms with Crippen LogP contribution in [0.5, 0.6) is 0 Å². The molecule has 1 N–H and O–H groups in total. The molecule has 0 aromatic heterocycles. The third-order valence-corrected chi connectivity index (χ3v) is 10.9. The Bertz CT molecular complexity index is 733. The molecule has 2 heteroatoms. The highest BCUT2D eigenvalue weighted by atomic mass is 16.3. The highest BCUT2D eigenvalue weighted by Gasteiger charge is 2.62. The second-order valence-electron chi connectivity index (χ2n) is 13.4. The summed E-state index contributed by atoms with van der Waals surface area (Å²) < 4.78 is 0. The SMILES string of the molecule is CC(C)CCC[C@@H](C)[C@H]1CC[C@H]2[C@@H]3CC=C4C(C)(C)C(=O)[C@H](O)C[C@]4(C)[C@H]3CC[C@]12C. The van der Waals surface area contributed by atoms with Gasteiger partial charge >= 0.3 is 0 Å². The van der Waals surface area contributed by atoms with E-state index in [1.807, 2.05) is 0 Å². The summed E-state index contributed by atoms with van der Waals surface area (Å²) >= 11 is 0. The Morgan fingerprint density at radius 2 is 1.74 bits per heavy atom. The van der Waals surface area contributed by atoms with Gasteiger partial charge in [-0.1, -0.05) is 65.5 Å². The van der Waals surface area contributed by atoms with Crippen molar-refractivity contribution < 1.29 is 9.90 Å². The van der Waals surface area contributed by atoms with Gasteiger partial charge in [-0.3, -0.25) is 4.79 Å². The van der Waals surface area contributed by atoms with Crippen molar-refractivity contribution in [1.29, 1.82) is 0 Å². The molecule has 8 atom stereocenters. The number of Topliss-reactive ketones (excluding diaryl/α,β-unsaturated/α-hetero) is 1. The van der Waals surface area contributed by atoms with E-state index in [1.54, 1.807) is 0 Å². The third-order valence-electron chi connectivity index (χ3n) is 10.9. The summed E-state index contributed by atoms with van der Waals surface area (Å²) in [5.41, 5.74) is 1.30. The van der Waals surface area contributed by atoms with E-state index >= 15 is 0 Å². The minimum atomic E-state index is -0.790. The molecule has 176 valence electrons. The maximum atomic E-state index is 12.8. The minimum Gasteiger partial charge on any atom is -0.385 e. The van der Waals surface area contributed by atoms with Crippen LogP contribution in [0.3, 0.4) is 0 Å². The minimum absolute atomic E-state index is 0.0119. The number of carbonyl (C=O) groups excluding carboxylic acids is 1. The topological polar surface area (TPSA) is 37.3 Å². The Morgan fingerprint density at radius 3 is 2.42 bits per heavy atom. The molecule has 4 aliphatic carbocycles. The first kappa shape index (κ1) is 23.5. The number of fused-ring (bicyclic) bond motifs is 5. The Morgan fingerprint density at radius 1 is 1.03 bits per heavy atom. The largest absolute Gasteiger partial charge is 0.385 e. The molecular weight excluding hydrogens is 380 g/mol. The summed E-state index contributed by atoms with van der Waals surface area (Å²) in [6.07, 6.45) is 13.0.